The van der Waals surface area contributed by atoms with Crippen LogP contribution < -0.4 is 5.32 Å². The Bertz CT molecular complexity index is 880. The van der Waals surface area contributed by atoms with Crippen LogP contribution in [0.4, 0.5) is 10.1 Å². The van der Waals surface area contributed by atoms with Crippen molar-refractivity contribution in [2.45, 2.75) is 6.04 Å². The van der Waals surface area contributed by atoms with E-state index in [1.54, 1.807) is 24.3 Å². The Morgan fingerprint density at radius 3 is 2.66 bits per heavy atom. The molecule has 1 amide bonds. The molecule has 3 rings (SSSR count). The molecule has 0 aromatic heterocycles. The third-order valence-corrected chi connectivity index (χ3v) is 4.72. The molecule has 0 bridgehead atoms. The largest absolute Gasteiger partial charge is 0.379 e. The summed E-state index contributed by atoms with van der Waals surface area (Å²) >= 11 is 0. The fourth-order valence-corrected chi connectivity index (χ4v) is 3.20. The van der Waals surface area contributed by atoms with Crippen molar-refractivity contribution in [3.8, 4) is 0 Å². The zero-order chi connectivity index (χ0) is 20.6. The molecule has 0 saturated carbocycles. The molecule has 1 fully saturated rings. The highest BCUT2D eigenvalue weighted by atomic mass is 19.1. The number of carbonyl (C=O) groups is 1. The number of non-ortho nitro benzene ring substituents is 1. The summed E-state index contributed by atoms with van der Waals surface area (Å²) in [4.78, 5) is 24.8. The van der Waals surface area contributed by atoms with Crippen LogP contribution in [0.2, 0.25) is 0 Å². The fraction of sp³-hybridized carbons (Fsp3) is 0.286. The second kappa shape index (κ2) is 9.90. The lowest BCUT2D eigenvalue weighted by Crippen LogP contribution is -2.43. The predicted octanol–water partition coefficient (Wildman–Crippen LogP) is 2.94. The highest BCUT2D eigenvalue weighted by molar-refractivity contribution is 5.91. The van der Waals surface area contributed by atoms with Gasteiger partial charge in [0.15, 0.2) is 0 Å². The van der Waals surface area contributed by atoms with Crippen molar-refractivity contribution in [2.24, 2.45) is 0 Å². The van der Waals surface area contributed by atoms with Crippen LogP contribution in [0.5, 0.6) is 0 Å². The molecule has 8 heteroatoms. The van der Waals surface area contributed by atoms with Crippen molar-refractivity contribution in [2.75, 3.05) is 32.8 Å². The maximum absolute atomic E-state index is 13.3. The van der Waals surface area contributed by atoms with E-state index in [1.165, 1.54) is 36.4 Å². The van der Waals surface area contributed by atoms with E-state index >= 15 is 0 Å². The molecule has 1 unspecified atom stereocenters. The summed E-state index contributed by atoms with van der Waals surface area (Å²) in [7, 11) is 0. The van der Waals surface area contributed by atoms with Crippen molar-refractivity contribution in [3.05, 3.63) is 81.7 Å². The maximum atomic E-state index is 13.3. The number of nitrogens with zero attached hydrogens (tertiary/aromatic N) is 2. The van der Waals surface area contributed by atoms with Crippen molar-refractivity contribution in [1.82, 2.24) is 10.2 Å². The van der Waals surface area contributed by atoms with Gasteiger partial charge in [-0.15, -0.1) is 0 Å². The van der Waals surface area contributed by atoms with E-state index in [0.29, 0.717) is 25.3 Å². The number of amides is 1. The molecule has 1 N–H and O–H groups in total. The molecule has 1 aliphatic rings. The van der Waals surface area contributed by atoms with Crippen molar-refractivity contribution in [3.63, 3.8) is 0 Å². The predicted molar refractivity (Wildman–Crippen MR) is 107 cm³/mol. The van der Waals surface area contributed by atoms with Gasteiger partial charge in [0, 0.05) is 37.8 Å². The summed E-state index contributed by atoms with van der Waals surface area (Å²) in [5.41, 5.74) is 1.45. The van der Waals surface area contributed by atoms with E-state index in [2.05, 4.69) is 10.2 Å². The molecule has 7 nitrogen and oxygen atoms in total. The van der Waals surface area contributed by atoms with Crippen molar-refractivity contribution < 1.29 is 18.8 Å². The highest BCUT2D eigenvalue weighted by Gasteiger charge is 2.23. The summed E-state index contributed by atoms with van der Waals surface area (Å²) < 4.78 is 18.7. The number of hydrogen-bond donors (Lipinski definition) is 1. The highest BCUT2D eigenvalue weighted by Crippen LogP contribution is 2.22. The quantitative estimate of drug-likeness (QED) is 0.440. The molecule has 0 aliphatic carbocycles. The maximum Gasteiger partial charge on any atom is 0.270 e. The number of ether oxygens (including phenoxy) is 1. The lowest BCUT2D eigenvalue weighted by atomic mass is 10.0. The van der Waals surface area contributed by atoms with Gasteiger partial charge in [0.25, 0.3) is 5.69 Å². The van der Waals surface area contributed by atoms with E-state index in [0.717, 1.165) is 18.7 Å². The van der Waals surface area contributed by atoms with Gasteiger partial charge in [0.1, 0.15) is 5.82 Å². The summed E-state index contributed by atoms with van der Waals surface area (Å²) in [5, 5.41) is 13.7. The topological polar surface area (TPSA) is 84.7 Å². The Morgan fingerprint density at radius 1 is 1.24 bits per heavy atom. The van der Waals surface area contributed by atoms with E-state index in [9.17, 15) is 19.3 Å². The number of morpholine rings is 1. The molecule has 0 radical (unpaired) electrons. The summed E-state index contributed by atoms with van der Waals surface area (Å²) in [6, 6.07) is 12.2. The third-order valence-electron chi connectivity index (χ3n) is 4.72. The Kier molecular flexibility index (Phi) is 7.04. The van der Waals surface area contributed by atoms with Crippen LogP contribution in [0.15, 0.2) is 54.6 Å². The van der Waals surface area contributed by atoms with Gasteiger partial charge >= 0.3 is 0 Å². The van der Waals surface area contributed by atoms with E-state index in [4.69, 9.17) is 4.74 Å². The summed E-state index contributed by atoms with van der Waals surface area (Å²) in [5.74, 6) is -0.615. The van der Waals surface area contributed by atoms with Crippen LogP contribution in [-0.2, 0) is 9.53 Å². The first kappa shape index (κ1) is 20.6. The van der Waals surface area contributed by atoms with Crippen LogP contribution >= 0.6 is 0 Å². The van der Waals surface area contributed by atoms with E-state index < -0.39 is 4.92 Å². The zero-order valence-electron chi connectivity index (χ0n) is 15.8. The molecule has 1 aliphatic heterocycles. The number of benzene rings is 2. The first-order chi connectivity index (χ1) is 14.0. The zero-order valence-corrected chi connectivity index (χ0v) is 15.8. The first-order valence-electron chi connectivity index (χ1n) is 9.30. The average molecular weight is 399 g/mol. The van der Waals surface area contributed by atoms with Gasteiger partial charge in [-0.3, -0.25) is 19.8 Å². The van der Waals surface area contributed by atoms with E-state index in [-0.39, 0.29) is 23.5 Å². The molecule has 29 heavy (non-hydrogen) atoms. The van der Waals surface area contributed by atoms with Crippen LogP contribution in [0.3, 0.4) is 0 Å². The Morgan fingerprint density at radius 2 is 1.97 bits per heavy atom. The number of halogens is 1. The lowest BCUT2D eigenvalue weighted by molar-refractivity contribution is -0.384. The first-order valence-corrected chi connectivity index (χ1v) is 9.30. The van der Waals surface area contributed by atoms with E-state index in [1.807, 2.05) is 0 Å². The normalized spacial score (nSPS) is 15.9. The van der Waals surface area contributed by atoms with Gasteiger partial charge in [0.05, 0.1) is 24.2 Å². The Labute approximate surface area is 167 Å². The molecule has 1 atom stereocenters. The second-order valence-corrected chi connectivity index (χ2v) is 6.65. The molecule has 1 heterocycles. The molecule has 2 aromatic rings. The van der Waals surface area contributed by atoms with Crippen molar-refractivity contribution >= 4 is 17.7 Å². The van der Waals surface area contributed by atoms with Gasteiger partial charge in [0.2, 0.25) is 5.91 Å². The van der Waals surface area contributed by atoms with Crippen LogP contribution in [0.1, 0.15) is 17.2 Å². The molecule has 1 saturated heterocycles. The van der Waals surface area contributed by atoms with Crippen LogP contribution in [0.25, 0.3) is 6.08 Å². The molecule has 0 spiro atoms. The van der Waals surface area contributed by atoms with Crippen molar-refractivity contribution in [1.29, 1.82) is 0 Å². The molecule has 152 valence electrons. The van der Waals surface area contributed by atoms with Gasteiger partial charge in [-0.25, -0.2) is 4.39 Å². The number of nitro groups is 1. The molecular weight excluding hydrogens is 377 g/mol. The molecule has 2 aromatic carbocycles. The second-order valence-electron chi connectivity index (χ2n) is 6.65. The minimum Gasteiger partial charge on any atom is -0.379 e. The third kappa shape index (κ3) is 5.94. The Balaban J connectivity index is 1.65. The number of rotatable bonds is 7. The van der Waals surface area contributed by atoms with Gasteiger partial charge in [-0.2, -0.15) is 0 Å². The summed E-state index contributed by atoms with van der Waals surface area (Å²) in [6.45, 7) is 3.02. The average Bonchev–Trinajstić information content (AvgIpc) is 2.74. The number of carbonyl (C=O) groups excluding carboxylic acids is 1. The number of hydrogen-bond acceptors (Lipinski definition) is 5. The minimum atomic E-state index is -0.479. The summed E-state index contributed by atoms with van der Waals surface area (Å²) in [6.07, 6.45) is 2.88. The lowest BCUT2D eigenvalue weighted by Gasteiger charge is -2.34. The Hall–Kier alpha value is -3.10. The van der Waals surface area contributed by atoms with Gasteiger partial charge in [-0.1, -0.05) is 24.3 Å². The monoisotopic (exact) mass is 399 g/mol. The standard InChI is InChI=1S/C21H22FN3O4/c22-18-7-5-17(6-8-18)20(24-10-12-29-13-11-24)15-23-21(26)9-4-16-2-1-3-19(14-16)25(27)28/h1-9,14,20H,10-13,15H2,(H,23,26)/b9-4+. The van der Waals surface area contributed by atoms with Crippen LogP contribution in [-0.4, -0.2) is 48.6 Å². The van der Waals surface area contributed by atoms with Gasteiger partial charge in [-0.05, 0) is 29.3 Å². The van der Waals surface area contributed by atoms with Crippen LogP contribution in [0, 0.1) is 15.9 Å². The minimum absolute atomic E-state index is 0.0313. The number of nitrogens with one attached hydrogen (secondary N) is 1. The fourth-order valence-electron chi connectivity index (χ4n) is 3.20. The van der Waals surface area contributed by atoms with Gasteiger partial charge < -0.3 is 10.1 Å². The SMILES string of the molecule is O=C(/C=C/c1cccc([N+](=O)[O-])c1)NCC(c1ccc(F)cc1)N1CCOCC1. The molecular formula is C21H22FN3O4. The smallest absolute Gasteiger partial charge is 0.270 e. The number of nitro benzene ring substituents is 1.